The average molecular weight is 267 g/mol. The summed E-state index contributed by atoms with van der Waals surface area (Å²) in [5, 5.41) is 2.37. The molecule has 18 heavy (non-hydrogen) atoms. The molecular weight excluding hydrogens is 253 g/mol. The molecule has 0 aliphatic rings. The third-order valence-corrected chi connectivity index (χ3v) is 2.58. The van der Waals surface area contributed by atoms with Gasteiger partial charge in [0, 0.05) is 6.04 Å². The zero-order chi connectivity index (χ0) is 13.8. The van der Waals surface area contributed by atoms with E-state index < -0.39 is 30.8 Å². The van der Waals surface area contributed by atoms with Crippen LogP contribution >= 0.6 is 0 Å². The van der Waals surface area contributed by atoms with E-state index in [1.54, 1.807) is 6.92 Å². The molecule has 0 radical (unpaired) electrons. The first-order valence-corrected chi connectivity index (χ1v) is 5.51. The summed E-state index contributed by atoms with van der Waals surface area (Å²) in [6.07, 6.45) is -3.26. The molecule has 1 unspecified atom stereocenters. The summed E-state index contributed by atoms with van der Waals surface area (Å²) in [6, 6.07) is 4.78. The van der Waals surface area contributed by atoms with Crippen LogP contribution in [-0.4, -0.2) is 18.9 Å². The highest BCUT2D eigenvalue weighted by Crippen LogP contribution is 2.24. The van der Waals surface area contributed by atoms with Gasteiger partial charge < -0.3 is 5.32 Å². The van der Waals surface area contributed by atoms with Crippen LogP contribution in [0.2, 0.25) is 0 Å². The number of alkyl halides is 4. The van der Waals surface area contributed by atoms with Crippen molar-refractivity contribution >= 4 is 0 Å². The fourth-order valence-electron chi connectivity index (χ4n) is 1.53. The van der Waals surface area contributed by atoms with Crippen molar-refractivity contribution in [2.45, 2.75) is 31.7 Å². The molecule has 1 aromatic rings. The molecule has 1 aromatic carbocycles. The van der Waals surface area contributed by atoms with Crippen molar-refractivity contribution in [2.24, 2.45) is 0 Å². The smallest absolute Gasteiger partial charge is 0.304 e. The summed E-state index contributed by atoms with van der Waals surface area (Å²) < 4.78 is 62.2. The minimum Gasteiger partial charge on any atom is -0.304 e. The Morgan fingerprint density at radius 2 is 1.72 bits per heavy atom. The molecule has 0 saturated heterocycles. The molecule has 0 aliphatic carbocycles. The van der Waals surface area contributed by atoms with E-state index in [-0.39, 0.29) is 0 Å². The predicted molar refractivity (Wildman–Crippen MR) is 58.4 cm³/mol. The molecule has 0 spiro atoms. The summed E-state index contributed by atoms with van der Waals surface area (Å²) in [5.41, 5.74) is 0.587. The lowest BCUT2D eigenvalue weighted by Gasteiger charge is -2.22. The number of hydrogen-bond acceptors (Lipinski definition) is 1. The summed E-state index contributed by atoms with van der Waals surface area (Å²) in [6.45, 7) is 0.613. The molecular formula is C12H14F5N. The summed E-state index contributed by atoms with van der Waals surface area (Å²) >= 11 is 0. The molecule has 0 bridgehead atoms. The number of nitrogens with one attached hydrogen (secondary N) is 1. The first-order valence-electron chi connectivity index (χ1n) is 5.51. The van der Waals surface area contributed by atoms with Gasteiger partial charge in [0.25, 0.3) is 0 Å². The lowest BCUT2D eigenvalue weighted by molar-refractivity contribution is -0.126. The molecule has 6 heteroatoms. The molecule has 0 amide bonds. The third-order valence-electron chi connectivity index (χ3n) is 2.58. The first kappa shape index (κ1) is 14.9. The van der Waals surface area contributed by atoms with Crippen molar-refractivity contribution in [1.82, 2.24) is 5.32 Å². The second-order valence-corrected chi connectivity index (χ2v) is 3.96. The number of halogens is 5. The fourth-order valence-corrected chi connectivity index (χ4v) is 1.53. The Kier molecular flexibility index (Phi) is 5.07. The Labute approximate surface area is 102 Å². The van der Waals surface area contributed by atoms with Gasteiger partial charge in [-0.1, -0.05) is 19.1 Å². The van der Waals surface area contributed by atoms with Crippen LogP contribution in [0.1, 0.15) is 24.9 Å². The fraction of sp³-hybridized carbons (Fsp3) is 0.500. The quantitative estimate of drug-likeness (QED) is 0.774. The Balaban J connectivity index is 2.66. The van der Waals surface area contributed by atoms with E-state index in [0.29, 0.717) is 12.0 Å². The minimum atomic E-state index is -4.06. The van der Waals surface area contributed by atoms with Gasteiger partial charge >= 0.3 is 12.3 Å². The topological polar surface area (TPSA) is 12.0 Å². The van der Waals surface area contributed by atoms with Gasteiger partial charge in [0.1, 0.15) is 5.82 Å². The predicted octanol–water partition coefficient (Wildman–Crippen LogP) is 3.77. The Morgan fingerprint density at radius 3 is 2.17 bits per heavy atom. The molecule has 1 atom stereocenters. The van der Waals surface area contributed by atoms with Crippen LogP contribution in [0.25, 0.3) is 0 Å². The largest absolute Gasteiger partial charge is 0.319 e. The maximum atomic E-state index is 12.8. The Hall–Kier alpha value is -1.17. The van der Waals surface area contributed by atoms with Crippen LogP contribution in [0.4, 0.5) is 22.0 Å². The van der Waals surface area contributed by atoms with Crippen LogP contribution < -0.4 is 5.32 Å². The minimum absolute atomic E-state index is 0.435. The summed E-state index contributed by atoms with van der Waals surface area (Å²) in [7, 11) is 0. The Morgan fingerprint density at radius 1 is 1.17 bits per heavy atom. The number of benzene rings is 1. The molecule has 1 rings (SSSR count). The maximum absolute atomic E-state index is 12.8. The van der Waals surface area contributed by atoms with Crippen molar-refractivity contribution in [2.75, 3.05) is 6.54 Å². The van der Waals surface area contributed by atoms with Crippen molar-refractivity contribution in [1.29, 1.82) is 0 Å². The molecule has 0 heterocycles. The van der Waals surface area contributed by atoms with Crippen molar-refractivity contribution < 1.29 is 22.0 Å². The molecule has 102 valence electrons. The monoisotopic (exact) mass is 267 g/mol. The summed E-state index contributed by atoms with van der Waals surface area (Å²) in [4.78, 5) is 0. The lowest BCUT2D eigenvalue weighted by atomic mass is 10.0. The molecule has 0 aliphatic heterocycles. The normalized spacial score (nSPS) is 13.9. The van der Waals surface area contributed by atoms with Gasteiger partial charge in [-0.3, -0.25) is 0 Å². The Bertz CT molecular complexity index is 363. The highest BCUT2D eigenvalue weighted by Gasteiger charge is 2.40. The molecule has 1 N–H and O–H groups in total. The molecule has 0 aromatic heterocycles. The maximum Gasteiger partial charge on any atom is 0.319 e. The van der Waals surface area contributed by atoms with E-state index in [1.807, 2.05) is 0 Å². The third kappa shape index (κ3) is 3.94. The molecule has 0 saturated carbocycles. The van der Waals surface area contributed by atoms with Crippen LogP contribution in [0, 0.1) is 5.82 Å². The van der Waals surface area contributed by atoms with E-state index in [9.17, 15) is 22.0 Å². The van der Waals surface area contributed by atoms with Gasteiger partial charge in [0.2, 0.25) is 0 Å². The van der Waals surface area contributed by atoms with E-state index in [1.165, 1.54) is 24.3 Å². The van der Waals surface area contributed by atoms with Crippen LogP contribution in [0.15, 0.2) is 24.3 Å². The second kappa shape index (κ2) is 6.13. The summed E-state index contributed by atoms with van der Waals surface area (Å²) in [5.74, 6) is -4.50. The van der Waals surface area contributed by atoms with Crippen LogP contribution in [-0.2, 0) is 0 Å². The highest BCUT2D eigenvalue weighted by molar-refractivity contribution is 5.19. The lowest BCUT2D eigenvalue weighted by Crippen LogP contribution is -2.40. The highest BCUT2D eigenvalue weighted by atomic mass is 19.3. The molecule has 1 nitrogen and oxygen atoms in total. The van der Waals surface area contributed by atoms with E-state index in [2.05, 4.69) is 5.32 Å². The van der Waals surface area contributed by atoms with Gasteiger partial charge in [-0.15, -0.1) is 0 Å². The van der Waals surface area contributed by atoms with E-state index in [0.717, 1.165) is 0 Å². The van der Waals surface area contributed by atoms with Crippen LogP contribution in [0.3, 0.4) is 0 Å². The zero-order valence-electron chi connectivity index (χ0n) is 9.77. The van der Waals surface area contributed by atoms with Gasteiger partial charge in [0.15, 0.2) is 0 Å². The standard InChI is InChI=1S/C12H14F5N/c1-2-10(8-3-5-9(13)6-4-8)18-7-12(16,17)11(14)15/h3-6,10-11,18H,2,7H2,1H3. The average Bonchev–Trinajstić information content (AvgIpc) is 2.31. The van der Waals surface area contributed by atoms with Crippen molar-refractivity contribution in [3.8, 4) is 0 Å². The van der Waals surface area contributed by atoms with Gasteiger partial charge in [0.05, 0.1) is 6.54 Å². The zero-order valence-corrected chi connectivity index (χ0v) is 9.77. The number of rotatable bonds is 6. The van der Waals surface area contributed by atoms with Gasteiger partial charge in [-0.2, -0.15) is 8.78 Å². The van der Waals surface area contributed by atoms with Crippen molar-refractivity contribution in [3.63, 3.8) is 0 Å². The van der Waals surface area contributed by atoms with Crippen molar-refractivity contribution in [3.05, 3.63) is 35.6 Å². The van der Waals surface area contributed by atoms with E-state index in [4.69, 9.17) is 0 Å². The first-order chi connectivity index (χ1) is 8.36. The van der Waals surface area contributed by atoms with Crippen LogP contribution in [0.5, 0.6) is 0 Å². The second-order valence-electron chi connectivity index (χ2n) is 3.96. The van der Waals surface area contributed by atoms with E-state index >= 15 is 0 Å². The van der Waals surface area contributed by atoms with Gasteiger partial charge in [-0.05, 0) is 24.1 Å². The van der Waals surface area contributed by atoms with Gasteiger partial charge in [-0.25, -0.2) is 13.2 Å². The number of hydrogen-bond donors (Lipinski definition) is 1. The molecule has 0 fully saturated rings. The SMILES string of the molecule is CCC(NCC(F)(F)C(F)F)c1ccc(F)cc1.